The van der Waals surface area contributed by atoms with Crippen molar-refractivity contribution in [2.45, 2.75) is 0 Å². The van der Waals surface area contributed by atoms with Gasteiger partial charge in [0.25, 0.3) is 0 Å². The van der Waals surface area contributed by atoms with Crippen LogP contribution in [0.3, 0.4) is 0 Å². The number of para-hydroxylation sites is 2. The molecule has 10 aromatic rings. The molecule has 3 heterocycles. The number of rotatable bonds is 4. The van der Waals surface area contributed by atoms with Gasteiger partial charge < -0.3 is 8.98 Å². The summed E-state index contributed by atoms with van der Waals surface area (Å²) >= 11 is 1.88. The summed E-state index contributed by atoms with van der Waals surface area (Å²) in [5, 5.41) is 4.88. The minimum Gasteiger partial charge on any atom is -0.454 e. The third-order valence-corrected chi connectivity index (χ3v) is 10.6. The molecule has 0 N–H and O–H groups in total. The SMILES string of the molecule is c1ccc(-c2ccc3sc4c(-c5ccc(-c6cccc7oc8c9ccccc9n(-c9ccccc9)c8c67)cc5)cccc4c3c2)cc1. The molecular weight excluding hydrogens is 591 g/mol. The van der Waals surface area contributed by atoms with Gasteiger partial charge in [-0.1, -0.05) is 121 Å². The van der Waals surface area contributed by atoms with E-state index in [9.17, 15) is 0 Å². The normalized spacial score (nSPS) is 11.8. The number of nitrogens with zero attached hydrogens (tertiary/aromatic N) is 1. The standard InChI is InChI=1S/C44H27NOS/c1-3-11-28(12-4-1)31-25-26-40-37(27-31)35-18-9-17-34(44(35)47-40)30-23-21-29(22-24-30)33-16-10-20-39-41(33)42-43(46-39)36-15-7-8-19-38(36)45(42)32-13-5-2-6-14-32/h1-27H. The highest BCUT2D eigenvalue weighted by Crippen LogP contribution is 2.44. The number of fused-ring (bicyclic) bond motifs is 8. The Hall–Kier alpha value is -5.90. The maximum Gasteiger partial charge on any atom is 0.161 e. The number of aromatic nitrogens is 1. The molecule has 0 fully saturated rings. The van der Waals surface area contributed by atoms with Crippen LogP contribution in [-0.4, -0.2) is 4.57 Å². The highest BCUT2D eigenvalue weighted by molar-refractivity contribution is 7.26. The van der Waals surface area contributed by atoms with E-state index in [0.29, 0.717) is 0 Å². The van der Waals surface area contributed by atoms with E-state index in [1.165, 1.54) is 53.6 Å². The van der Waals surface area contributed by atoms with Gasteiger partial charge in [0.1, 0.15) is 11.1 Å². The quantitative estimate of drug-likeness (QED) is 0.192. The second-order valence-corrected chi connectivity index (χ2v) is 13.1. The largest absolute Gasteiger partial charge is 0.454 e. The van der Waals surface area contributed by atoms with Crippen molar-refractivity contribution in [1.82, 2.24) is 4.57 Å². The Labute approximate surface area is 275 Å². The van der Waals surface area contributed by atoms with Crippen LogP contribution in [0.25, 0.3) is 92.2 Å². The number of benzene rings is 7. The van der Waals surface area contributed by atoms with Crippen LogP contribution in [0.1, 0.15) is 0 Å². The van der Waals surface area contributed by atoms with Crippen molar-refractivity contribution >= 4 is 64.5 Å². The Kier molecular flexibility index (Phi) is 5.78. The zero-order chi connectivity index (χ0) is 30.9. The van der Waals surface area contributed by atoms with Gasteiger partial charge in [-0.25, -0.2) is 0 Å². The molecule has 7 aromatic carbocycles. The number of thiophene rings is 1. The first-order chi connectivity index (χ1) is 23.3. The molecule has 0 aliphatic heterocycles. The molecule has 0 aliphatic carbocycles. The molecule has 10 rings (SSSR count). The van der Waals surface area contributed by atoms with Crippen LogP contribution >= 0.6 is 11.3 Å². The van der Waals surface area contributed by atoms with Crippen molar-refractivity contribution in [3.63, 3.8) is 0 Å². The first kappa shape index (κ1) is 26.3. The van der Waals surface area contributed by atoms with E-state index in [2.05, 4.69) is 168 Å². The molecule has 2 nitrogen and oxygen atoms in total. The summed E-state index contributed by atoms with van der Waals surface area (Å²) in [7, 11) is 0. The minimum absolute atomic E-state index is 0.900. The van der Waals surface area contributed by atoms with Gasteiger partial charge in [-0.05, 0) is 75.8 Å². The van der Waals surface area contributed by atoms with E-state index in [1.807, 2.05) is 11.3 Å². The lowest BCUT2D eigenvalue weighted by molar-refractivity contribution is 0.673. The Morgan fingerprint density at radius 1 is 0.468 bits per heavy atom. The first-order valence-electron chi connectivity index (χ1n) is 15.9. The third kappa shape index (κ3) is 4.04. The van der Waals surface area contributed by atoms with E-state index in [4.69, 9.17) is 4.42 Å². The van der Waals surface area contributed by atoms with Crippen LogP contribution in [-0.2, 0) is 0 Å². The summed E-state index contributed by atoms with van der Waals surface area (Å²) in [6, 6.07) is 58.8. The molecule has 3 aromatic heterocycles. The lowest BCUT2D eigenvalue weighted by atomic mass is 9.97. The Balaban J connectivity index is 1.12. The average Bonchev–Trinajstić information content (AvgIpc) is 3.81. The van der Waals surface area contributed by atoms with E-state index >= 15 is 0 Å². The smallest absolute Gasteiger partial charge is 0.161 e. The Morgan fingerprint density at radius 3 is 1.96 bits per heavy atom. The zero-order valence-electron chi connectivity index (χ0n) is 25.4. The van der Waals surface area contributed by atoms with Crippen LogP contribution < -0.4 is 0 Å². The summed E-state index contributed by atoms with van der Waals surface area (Å²) in [5.74, 6) is 0. The van der Waals surface area contributed by atoms with Crippen molar-refractivity contribution in [3.8, 4) is 39.1 Å². The third-order valence-electron chi connectivity index (χ3n) is 9.43. The predicted molar refractivity (Wildman–Crippen MR) is 200 cm³/mol. The molecule has 0 spiro atoms. The molecule has 0 amide bonds. The van der Waals surface area contributed by atoms with Gasteiger partial charge in [-0.15, -0.1) is 11.3 Å². The van der Waals surface area contributed by atoms with Crippen LogP contribution in [0.4, 0.5) is 0 Å². The second-order valence-electron chi connectivity index (χ2n) is 12.1. The minimum atomic E-state index is 0.900. The Bertz CT molecular complexity index is 2770. The zero-order valence-corrected chi connectivity index (χ0v) is 26.2. The molecule has 0 radical (unpaired) electrons. The molecule has 220 valence electrons. The van der Waals surface area contributed by atoms with Gasteiger partial charge in [-0.3, -0.25) is 0 Å². The van der Waals surface area contributed by atoms with Crippen molar-refractivity contribution in [3.05, 3.63) is 164 Å². The number of hydrogen-bond donors (Lipinski definition) is 0. The molecule has 0 bridgehead atoms. The van der Waals surface area contributed by atoms with Crippen LogP contribution in [0.15, 0.2) is 168 Å². The van der Waals surface area contributed by atoms with Crippen molar-refractivity contribution in [2.24, 2.45) is 0 Å². The summed E-state index contributed by atoms with van der Waals surface area (Å²) in [6.45, 7) is 0. The molecule has 47 heavy (non-hydrogen) atoms. The van der Waals surface area contributed by atoms with E-state index < -0.39 is 0 Å². The monoisotopic (exact) mass is 617 g/mol. The highest BCUT2D eigenvalue weighted by atomic mass is 32.1. The fraction of sp³-hybridized carbons (Fsp3) is 0. The predicted octanol–water partition coefficient (Wildman–Crippen LogP) is 12.9. The average molecular weight is 618 g/mol. The molecule has 0 saturated carbocycles. The summed E-state index contributed by atoms with van der Waals surface area (Å²) in [4.78, 5) is 0. The fourth-order valence-corrected chi connectivity index (χ4v) is 8.48. The lowest BCUT2D eigenvalue weighted by Crippen LogP contribution is -1.93. The van der Waals surface area contributed by atoms with Gasteiger partial charge in [0, 0.05) is 31.2 Å². The second kappa shape index (κ2) is 10.3. The molecule has 0 unspecified atom stereocenters. The van der Waals surface area contributed by atoms with E-state index in [1.54, 1.807) is 0 Å². The molecule has 3 heteroatoms. The Morgan fingerprint density at radius 2 is 1.13 bits per heavy atom. The molecule has 0 saturated heterocycles. The van der Waals surface area contributed by atoms with Crippen LogP contribution in [0.5, 0.6) is 0 Å². The fourth-order valence-electron chi connectivity index (χ4n) is 7.26. The molecule has 0 aliphatic rings. The van der Waals surface area contributed by atoms with Gasteiger partial charge in [0.15, 0.2) is 5.58 Å². The highest BCUT2D eigenvalue weighted by Gasteiger charge is 2.21. The topological polar surface area (TPSA) is 18.1 Å². The van der Waals surface area contributed by atoms with Gasteiger partial charge >= 0.3 is 0 Å². The van der Waals surface area contributed by atoms with Gasteiger partial charge in [0.2, 0.25) is 0 Å². The van der Waals surface area contributed by atoms with Crippen molar-refractivity contribution in [1.29, 1.82) is 0 Å². The van der Waals surface area contributed by atoms with Crippen LogP contribution in [0.2, 0.25) is 0 Å². The van der Waals surface area contributed by atoms with Crippen LogP contribution in [0, 0.1) is 0 Å². The summed E-state index contributed by atoms with van der Waals surface area (Å²) in [5.41, 5.74) is 12.5. The maximum atomic E-state index is 6.62. The number of hydrogen-bond acceptors (Lipinski definition) is 2. The van der Waals surface area contributed by atoms with E-state index in [-0.39, 0.29) is 0 Å². The maximum absolute atomic E-state index is 6.62. The summed E-state index contributed by atoms with van der Waals surface area (Å²) < 4.78 is 11.6. The van der Waals surface area contributed by atoms with Gasteiger partial charge in [-0.2, -0.15) is 0 Å². The first-order valence-corrected chi connectivity index (χ1v) is 16.7. The molecular formula is C44H27NOS. The lowest BCUT2D eigenvalue weighted by Gasteiger charge is -2.10. The van der Waals surface area contributed by atoms with E-state index in [0.717, 1.165) is 38.7 Å². The van der Waals surface area contributed by atoms with Crippen molar-refractivity contribution in [2.75, 3.05) is 0 Å². The number of furan rings is 1. The van der Waals surface area contributed by atoms with Gasteiger partial charge in [0.05, 0.1) is 10.9 Å². The van der Waals surface area contributed by atoms with Crippen molar-refractivity contribution < 1.29 is 4.42 Å². The summed E-state index contributed by atoms with van der Waals surface area (Å²) in [6.07, 6.45) is 0. The molecule has 0 atom stereocenters.